The van der Waals surface area contributed by atoms with Gasteiger partial charge in [-0.3, -0.25) is 0 Å². The molecule has 0 bridgehead atoms. The fourth-order valence-electron chi connectivity index (χ4n) is 2.03. The van der Waals surface area contributed by atoms with Crippen molar-refractivity contribution in [2.45, 2.75) is 19.9 Å². The lowest BCUT2D eigenvalue weighted by Gasteiger charge is -2.16. The number of nitrogens with zero attached hydrogens (tertiary/aromatic N) is 2. The molecule has 1 unspecified atom stereocenters. The summed E-state index contributed by atoms with van der Waals surface area (Å²) in [5.74, 6) is 0. The van der Waals surface area contributed by atoms with Crippen molar-refractivity contribution in [3.05, 3.63) is 53.6 Å². The summed E-state index contributed by atoms with van der Waals surface area (Å²) in [4.78, 5) is 4.44. The van der Waals surface area contributed by atoms with E-state index in [-0.39, 0.29) is 6.04 Å². The first kappa shape index (κ1) is 11.9. The Bertz CT molecular complexity index is 488. The van der Waals surface area contributed by atoms with E-state index in [9.17, 15) is 0 Å². The Morgan fingerprint density at radius 2 is 2.24 bits per heavy atom. The molecule has 2 aromatic rings. The minimum Gasteiger partial charge on any atom is -0.340 e. The summed E-state index contributed by atoms with van der Waals surface area (Å²) in [6, 6.07) is 8.75. The van der Waals surface area contributed by atoms with Crippen molar-refractivity contribution >= 4 is 0 Å². The normalized spacial score (nSPS) is 12.6. The Kier molecular flexibility index (Phi) is 3.59. The van der Waals surface area contributed by atoms with Gasteiger partial charge in [0, 0.05) is 13.2 Å². The fourth-order valence-corrected chi connectivity index (χ4v) is 2.03. The second kappa shape index (κ2) is 5.15. The number of aryl methyl sites for hydroxylation is 2. The van der Waals surface area contributed by atoms with Crippen LogP contribution in [0.5, 0.6) is 0 Å². The lowest BCUT2D eigenvalue weighted by Crippen LogP contribution is -2.22. The van der Waals surface area contributed by atoms with Crippen LogP contribution in [0.4, 0.5) is 0 Å². The summed E-state index contributed by atoms with van der Waals surface area (Å²) in [6.07, 6.45) is 3.91. The van der Waals surface area contributed by atoms with Crippen LogP contribution in [0.2, 0.25) is 0 Å². The zero-order chi connectivity index (χ0) is 12.3. The summed E-state index contributed by atoms with van der Waals surface area (Å²) >= 11 is 0. The van der Waals surface area contributed by atoms with Crippen LogP contribution in [0.1, 0.15) is 29.8 Å². The first-order valence-electron chi connectivity index (χ1n) is 5.98. The molecule has 0 saturated heterocycles. The van der Waals surface area contributed by atoms with E-state index in [0.29, 0.717) is 0 Å². The third kappa shape index (κ3) is 2.74. The Morgan fingerprint density at radius 1 is 1.41 bits per heavy atom. The van der Waals surface area contributed by atoms with Gasteiger partial charge in [-0.05, 0) is 19.0 Å². The number of rotatable bonds is 4. The maximum Gasteiger partial charge on any atom is 0.0947 e. The molecule has 0 amide bonds. The maximum atomic E-state index is 4.44. The van der Waals surface area contributed by atoms with E-state index < -0.39 is 0 Å². The molecule has 0 fully saturated rings. The largest absolute Gasteiger partial charge is 0.340 e. The van der Waals surface area contributed by atoms with Gasteiger partial charge < -0.3 is 9.88 Å². The van der Waals surface area contributed by atoms with E-state index in [1.165, 1.54) is 11.1 Å². The SMILES string of the molecule is CCNC(c1cccc(C)c1)c1cn(C)cn1. The third-order valence-electron chi connectivity index (χ3n) is 2.80. The number of aromatic nitrogens is 2. The van der Waals surface area contributed by atoms with Gasteiger partial charge >= 0.3 is 0 Å². The first-order valence-corrected chi connectivity index (χ1v) is 5.98. The molecule has 3 heteroatoms. The number of imidazole rings is 1. The summed E-state index contributed by atoms with van der Waals surface area (Å²) in [7, 11) is 2.00. The summed E-state index contributed by atoms with van der Waals surface area (Å²) in [6.45, 7) is 5.16. The molecule has 1 atom stereocenters. The smallest absolute Gasteiger partial charge is 0.0947 e. The number of hydrogen-bond acceptors (Lipinski definition) is 2. The van der Waals surface area contributed by atoms with Crippen LogP contribution >= 0.6 is 0 Å². The quantitative estimate of drug-likeness (QED) is 0.872. The molecule has 0 saturated carbocycles. The van der Waals surface area contributed by atoms with Crippen molar-refractivity contribution in [2.75, 3.05) is 6.54 Å². The molecule has 17 heavy (non-hydrogen) atoms. The molecule has 1 aromatic carbocycles. The average Bonchev–Trinajstić information content (AvgIpc) is 2.72. The Hall–Kier alpha value is -1.61. The van der Waals surface area contributed by atoms with Gasteiger partial charge in [0.25, 0.3) is 0 Å². The van der Waals surface area contributed by atoms with Crippen LogP contribution < -0.4 is 5.32 Å². The van der Waals surface area contributed by atoms with Crippen molar-refractivity contribution < 1.29 is 0 Å². The second-order valence-corrected chi connectivity index (χ2v) is 4.37. The van der Waals surface area contributed by atoms with Crippen molar-refractivity contribution in [1.29, 1.82) is 0 Å². The zero-order valence-electron chi connectivity index (χ0n) is 10.6. The lowest BCUT2D eigenvalue weighted by atomic mass is 10.0. The van der Waals surface area contributed by atoms with Gasteiger partial charge in [-0.1, -0.05) is 36.8 Å². The van der Waals surface area contributed by atoms with Crippen LogP contribution in [-0.4, -0.2) is 16.1 Å². The van der Waals surface area contributed by atoms with Crippen LogP contribution in [-0.2, 0) is 7.05 Å². The van der Waals surface area contributed by atoms with E-state index in [4.69, 9.17) is 0 Å². The highest BCUT2D eigenvalue weighted by molar-refractivity contribution is 5.30. The average molecular weight is 229 g/mol. The van der Waals surface area contributed by atoms with Crippen molar-refractivity contribution in [3.63, 3.8) is 0 Å². The van der Waals surface area contributed by atoms with Crippen LogP contribution in [0, 0.1) is 6.92 Å². The van der Waals surface area contributed by atoms with E-state index in [1.54, 1.807) is 0 Å². The van der Waals surface area contributed by atoms with E-state index in [2.05, 4.69) is 54.6 Å². The molecule has 0 radical (unpaired) electrons. The molecule has 2 rings (SSSR count). The topological polar surface area (TPSA) is 29.9 Å². The molecule has 3 nitrogen and oxygen atoms in total. The molecule has 0 aliphatic heterocycles. The van der Waals surface area contributed by atoms with Gasteiger partial charge in [-0.15, -0.1) is 0 Å². The van der Waals surface area contributed by atoms with Crippen LogP contribution in [0.15, 0.2) is 36.8 Å². The van der Waals surface area contributed by atoms with E-state index in [0.717, 1.165) is 12.2 Å². The molecular formula is C14H19N3. The monoisotopic (exact) mass is 229 g/mol. The number of hydrogen-bond donors (Lipinski definition) is 1. The second-order valence-electron chi connectivity index (χ2n) is 4.37. The van der Waals surface area contributed by atoms with Gasteiger partial charge in [-0.2, -0.15) is 0 Å². The number of nitrogens with one attached hydrogen (secondary N) is 1. The lowest BCUT2D eigenvalue weighted by molar-refractivity contribution is 0.617. The molecule has 1 N–H and O–H groups in total. The van der Waals surface area contributed by atoms with Gasteiger partial charge in [-0.25, -0.2) is 4.98 Å². The van der Waals surface area contributed by atoms with Crippen LogP contribution in [0.25, 0.3) is 0 Å². The standard InChI is InChI=1S/C14H19N3/c1-4-15-14(13-9-17(3)10-16-13)12-7-5-6-11(2)8-12/h5-10,14-15H,4H2,1-3H3. The Labute approximate surface area is 103 Å². The van der Waals surface area contributed by atoms with Crippen molar-refractivity contribution in [1.82, 2.24) is 14.9 Å². The Balaban J connectivity index is 2.35. The van der Waals surface area contributed by atoms with E-state index in [1.807, 2.05) is 17.9 Å². The third-order valence-corrected chi connectivity index (χ3v) is 2.80. The minimum absolute atomic E-state index is 0.182. The molecule has 1 heterocycles. The van der Waals surface area contributed by atoms with Crippen molar-refractivity contribution in [2.24, 2.45) is 7.05 Å². The van der Waals surface area contributed by atoms with Gasteiger partial charge in [0.05, 0.1) is 18.1 Å². The molecule has 0 aliphatic rings. The van der Waals surface area contributed by atoms with Crippen LogP contribution in [0.3, 0.4) is 0 Å². The molecule has 0 aliphatic carbocycles. The molecule has 1 aromatic heterocycles. The zero-order valence-corrected chi connectivity index (χ0v) is 10.6. The fraction of sp³-hybridized carbons (Fsp3) is 0.357. The minimum atomic E-state index is 0.182. The highest BCUT2D eigenvalue weighted by Gasteiger charge is 2.15. The first-order chi connectivity index (χ1) is 8.20. The van der Waals surface area contributed by atoms with Gasteiger partial charge in [0.1, 0.15) is 0 Å². The summed E-state index contributed by atoms with van der Waals surface area (Å²) < 4.78 is 1.98. The van der Waals surface area contributed by atoms with Crippen molar-refractivity contribution in [3.8, 4) is 0 Å². The number of benzene rings is 1. The Morgan fingerprint density at radius 3 is 2.82 bits per heavy atom. The van der Waals surface area contributed by atoms with E-state index >= 15 is 0 Å². The summed E-state index contributed by atoms with van der Waals surface area (Å²) in [5, 5.41) is 3.48. The molecule has 90 valence electrons. The highest BCUT2D eigenvalue weighted by atomic mass is 15.0. The highest BCUT2D eigenvalue weighted by Crippen LogP contribution is 2.21. The predicted molar refractivity (Wildman–Crippen MR) is 69.9 cm³/mol. The van der Waals surface area contributed by atoms with Gasteiger partial charge in [0.2, 0.25) is 0 Å². The van der Waals surface area contributed by atoms with Gasteiger partial charge in [0.15, 0.2) is 0 Å². The maximum absolute atomic E-state index is 4.44. The predicted octanol–water partition coefficient (Wildman–Crippen LogP) is 2.43. The molecule has 0 spiro atoms. The summed E-state index contributed by atoms with van der Waals surface area (Å²) in [5.41, 5.74) is 3.62. The molecular weight excluding hydrogens is 210 g/mol.